The van der Waals surface area contributed by atoms with Crippen LogP contribution in [0.4, 0.5) is 5.95 Å². The second kappa shape index (κ2) is 10.9. The summed E-state index contributed by atoms with van der Waals surface area (Å²) in [6.45, 7) is 3.01. The van der Waals surface area contributed by atoms with E-state index in [4.69, 9.17) is 38.3 Å². The van der Waals surface area contributed by atoms with Gasteiger partial charge in [-0.05, 0) is 19.3 Å². The number of carbonyl (C=O) groups is 1. The summed E-state index contributed by atoms with van der Waals surface area (Å²) in [7, 11) is -1.87. The van der Waals surface area contributed by atoms with Crippen LogP contribution < -0.4 is 15.9 Å². The van der Waals surface area contributed by atoms with E-state index in [0.717, 1.165) is 5.46 Å². The average molecular weight is 546 g/mol. The van der Waals surface area contributed by atoms with Crippen LogP contribution in [-0.2, 0) is 37.2 Å². The molecule has 0 bridgehead atoms. The van der Waals surface area contributed by atoms with Gasteiger partial charge in [-0.3, -0.25) is 4.57 Å². The largest absolute Gasteiger partial charge is 0.698 e. The summed E-state index contributed by atoms with van der Waals surface area (Å²) < 4.78 is 53.4. The van der Waals surface area contributed by atoms with Gasteiger partial charge in [-0.2, -0.15) is 9.97 Å². The van der Waals surface area contributed by atoms with Crippen LogP contribution >= 0.6 is 8.25 Å². The highest BCUT2D eigenvalue weighted by molar-refractivity contribution is 7.33. The first-order valence-corrected chi connectivity index (χ1v) is 12.9. The third-order valence-electron chi connectivity index (χ3n) is 6.19. The molecule has 16 heteroatoms. The van der Waals surface area contributed by atoms with Crippen LogP contribution in [0.5, 0.6) is 5.88 Å². The maximum atomic E-state index is 12.3. The molecule has 1 aromatic carbocycles. The fraction of sp³-hybridized carbons (Fsp3) is 0.455. The minimum atomic E-state index is -2.63. The quantitative estimate of drug-likeness (QED) is 0.219. The first kappa shape index (κ1) is 26.4. The molecule has 0 amide bonds. The Kier molecular flexibility index (Phi) is 7.57. The van der Waals surface area contributed by atoms with Gasteiger partial charge >= 0.3 is 21.3 Å². The highest BCUT2D eigenvalue weighted by Gasteiger charge is 2.64. The molecular weight excluding hydrogens is 520 g/mol. The van der Waals surface area contributed by atoms with Gasteiger partial charge in [0, 0.05) is 4.57 Å². The number of nitrogen functional groups attached to an aromatic ring is 1. The number of esters is 1. The fourth-order valence-electron chi connectivity index (χ4n) is 4.55. The number of nitrogens with zero attached hydrogens (tertiary/aromatic N) is 4. The molecule has 5 atom stereocenters. The summed E-state index contributed by atoms with van der Waals surface area (Å²) in [4.78, 5) is 24.3. The Bertz CT molecular complexity index is 1330. The van der Waals surface area contributed by atoms with Crippen molar-refractivity contribution in [2.75, 3.05) is 32.7 Å². The number of benzene rings is 1. The number of nitrogens with two attached hydrogens (primary N) is 1. The van der Waals surface area contributed by atoms with Gasteiger partial charge in [-0.25, -0.2) is 9.78 Å². The second-order valence-corrected chi connectivity index (χ2v) is 9.60. The van der Waals surface area contributed by atoms with E-state index in [-0.39, 0.29) is 25.0 Å². The number of hydrogen-bond donors (Lipinski definition) is 1. The molecule has 5 rings (SSSR count). The number of methoxy groups -OCH3 is 1. The molecule has 0 spiro atoms. The van der Waals surface area contributed by atoms with E-state index in [2.05, 4.69) is 15.0 Å². The zero-order chi connectivity index (χ0) is 26.9. The Labute approximate surface area is 218 Å². The summed E-state index contributed by atoms with van der Waals surface area (Å²) >= 11 is 0. The number of imidazole rings is 1. The lowest BCUT2D eigenvalue weighted by Crippen LogP contribution is -2.42. The van der Waals surface area contributed by atoms with Gasteiger partial charge in [0.1, 0.15) is 24.4 Å². The van der Waals surface area contributed by atoms with Crippen LogP contribution in [-0.4, -0.2) is 77.3 Å². The fourth-order valence-corrected chi connectivity index (χ4v) is 5.10. The summed E-state index contributed by atoms with van der Waals surface area (Å²) in [5.41, 5.74) is 6.43. The Morgan fingerprint density at radius 2 is 2.05 bits per heavy atom. The highest BCUT2D eigenvalue weighted by atomic mass is 31.1. The van der Waals surface area contributed by atoms with Crippen LogP contribution in [0.25, 0.3) is 11.2 Å². The predicted molar refractivity (Wildman–Crippen MR) is 133 cm³/mol. The minimum absolute atomic E-state index is 0.00261. The summed E-state index contributed by atoms with van der Waals surface area (Å²) in [5.74, 6) is -0.435. The van der Waals surface area contributed by atoms with E-state index in [1.54, 1.807) is 11.5 Å². The number of rotatable bonds is 10. The van der Waals surface area contributed by atoms with Crippen LogP contribution in [0, 0.1) is 0 Å². The first-order chi connectivity index (χ1) is 18.3. The molecule has 2 aliphatic heterocycles. The van der Waals surface area contributed by atoms with E-state index in [1.165, 1.54) is 13.4 Å². The van der Waals surface area contributed by atoms with Crippen LogP contribution in [0.1, 0.15) is 20.1 Å². The number of fused-ring (bicyclic) bond motifs is 2. The number of hydrogen-bond acceptors (Lipinski definition) is 13. The standard InChI is InChI=1S/C22H26BN5O9P/c1-4-32-15(29)11-34-38(30)33-10-14-17-22(2,37-23(36-17)13-8-6-5-7-9-13)20(35-14)28-12-25-16-18(28)26-21(24)27-19(16)31-3/h5-9,12,14,17,20H,4,10-11H2,1-3H3,(H2,24,26,27)/q+1/t14-,17-,20?,22-/m1/s1. The van der Waals surface area contributed by atoms with Crippen molar-refractivity contribution in [3.8, 4) is 5.88 Å². The zero-order valence-corrected chi connectivity index (χ0v) is 21.8. The summed E-state index contributed by atoms with van der Waals surface area (Å²) in [6, 6.07) is 9.44. The van der Waals surface area contributed by atoms with Gasteiger partial charge in [0.2, 0.25) is 18.4 Å². The molecule has 14 nitrogen and oxygen atoms in total. The smallest absolute Gasteiger partial charge is 0.479 e. The Hall–Kier alpha value is -3.20. The first-order valence-electron chi connectivity index (χ1n) is 11.8. The SMILES string of the molecule is CCOC(=O)CO[P+](=O)OC[C@H]1OC(n2cnc3c(OC)nc(N)nc32)[C@]2(C)OB(c3ccccc3)O[C@H]12. The normalized spacial score (nSPS) is 25.0. The van der Waals surface area contributed by atoms with Crippen molar-refractivity contribution in [2.45, 2.75) is 37.9 Å². The maximum Gasteiger partial charge on any atom is 0.698 e. The molecule has 3 aromatic rings. The molecule has 0 radical (unpaired) electrons. The van der Waals surface area contributed by atoms with Gasteiger partial charge < -0.3 is 29.3 Å². The van der Waals surface area contributed by atoms with Crippen molar-refractivity contribution < 1.29 is 41.9 Å². The number of aromatic nitrogens is 4. The van der Waals surface area contributed by atoms with E-state index in [9.17, 15) is 9.36 Å². The predicted octanol–water partition coefficient (Wildman–Crippen LogP) is 1.14. The number of anilines is 1. The molecular formula is C22H26BN5O9P+. The van der Waals surface area contributed by atoms with E-state index in [1.807, 2.05) is 37.3 Å². The number of carbonyl (C=O) groups excluding carboxylic acids is 1. The number of ether oxygens (including phenoxy) is 3. The molecule has 38 heavy (non-hydrogen) atoms. The topological polar surface area (TPSA) is 168 Å². The molecule has 4 heterocycles. The molecule has 0 aliphatic carbocycles. The van der Waals surface area contributed by atoms with Crippen molar-refractivity contribution >= 4 is 43.9 Å². The van der Waals surface area contributed by atoms with Crippen molar-refractivity contribution in [1.29, 1.82) is 0 Å². The molecule has 0 saturated carbocycles. The lowest BCUT2D eigenvalue weighted by molar-refractivity contribution is -0.145. The Morgan fingerprint density at radius 1 is 1.26 bits per heavy atom. The lowest BCUT2D eigenvalue weighted by Gasteiger charge is -2.29. The van der Waals surface area contributed by atoms with Gasteiger partial charge in [0.05, 0.1) is 20.0 Å². The van der Waals surface area contributed by atoms with E-state index < -0.39 is 52.0 Å². The maximum absolute atomic E-state index is 12.3. The van der Waals surface area contributed by atoms with Crippen molar-refractivity contribution in [3.63, 3.8) is 0 Å². The summed E-state index contributed by atoms with van der Waals surface area (Å²) in [6.07, 6.45) is -0.649. The van der Waals surface area contributed by atoms with Crippen LogP contribution in [0.3, 0.4) is 0 Å². The van der Waals surface area contributed by atoms with Crippen LogP contribution in [0.2, 0.25) is 0 Å². The zero-order valence-electron chi connectivity index (χ0n) is 20.9. The molecule has 200 valence electrons. The van der Waals surface area contributed by atoms with Crippen molar-refractivity contribution in [2.24, 2.45) is 0 Å². The minimum Gasteiger partial charge on any atom is -0.479 e. The molecule has 2 N–H and O–H groups in total. The molecule has 2 unspecified atom stereocenters. The van der Waals surface area contributed by atoms with E-state index >= 15 is 0 Å². The van der Waals surface area contributed by atoms with Crippen molar-refractivity contribution in [1.82, 2.24) is 19.5 Å². The molecule has 2 fully saturated rings. The third kappa shape index (κ3) is 4.96. The molecule has 2 aromatic heterocycles. The molecule has 2 saturated heterocycles. The van der Waals surface area contributed by atoms with Gasteiger partial charge in [-0.1, -0.05) is 30.3 Å². The van der Waals surface area contributed by atoms with Gasteiger partial charge in [0.15, 0.2) is 17.4 Å². The lowest BCUT2D eigenvalue weighted by atomic mass is 9.79. The van der Waals surface area contributed by atoms with Crippen LogP contribution in [0.15, 0.2) is 36.7 Å². The Balaban J connectivity index is 1.41. The average Bonchev–Trinajstić information content (AvgIpc) is 3.56. The molecule has 2 aliphatic rings. The second-order valence-electron chi connectivity index (χ2n) is 8.64. The van der Waals surface area contributed by atoms with E-state index in [0.29, 0.717) is 11.2 Å². The summed E-state index contributed by atoms with van der Waals surface area (Å²) in [5, 5.41) is 0. The van der Waals surface area contributed by atoms with Crippen molar-refractivity contribution in [3.05, 3.63) is 36.7 Å². The van der Waals surface area contributed by atoms with Gasteiger partial charge in [0.25, 0.3) is 0 Å². The van der Waals surface area contributed by atoms with Gasteiger partial charge in [-0.15, -0.1) is 9.05 Å². The highest BCUT2D eigenvalue weighted by Crippen LogP contribution is 2.48. The third-order valence-corrected chi connectivity index (χ3v) is 6.89. The monoisotopic (exact) mass is 546 g/mol. The Morgan fingerprint density at radius 3 is 2.79 bits per heavy atom.